The molecule has 0 bridgehead atoms. The normalized spacial score (nSPS) is 15.8. The topological polar surface area (TPSA) is 48.5 Å². The standard InChI is InChI=1S/C57H51N5/c1-35-56(5,6)45-33-28-38(34-46(45)57(35,7)8)40-20-12-15-23-47(40)61-48-24-16-13-21-41(48)43-31-32-44-42-22-14-17-25-49(42)62(51(44)50(43)61)54-59-52(36-18-10-9-11-19-36)58-53(60-54)37-26-29-39(30-27-37)55(2,3)4/h9-35H,1-8H3. The second-order valence-corrected chi connectivity index (χ2v) is 19.5. The van der Waals surface area contributed by atoms with Crippen molar-refractivity contribution in [3.8, 4) is 45.5 Å². The molecule has 1 atom stereocenters. The molecule has 5 heteroatoms. The van der Waals surface area contributed by atoms with Gasteiger partial charge in [0.15, 0.2) is 11.6 Å². The number of rotatable bonds is 5. The van der Waals surface area contributed by atoms with Gasteiger partial charge in [-0.25, -0.2) is 4.98 Å². The highest BCUT2D eigenvalue weighted by molar-refractivity contribution is 6.24. The Morgan fingerprint density at radius 2 is 0.984 bits per heavy atom. The maximum absolute atomic E-state index is 5.39. The van der Waals surface area contributed by atoms with E-state index in [0.717, 1.165) is 49.7 Å². The van der Waals surface area contributed by atoms with E-state index < -0.39 is 0 Å². The number of hydrogen-bond acceptors (Lipinski definition) is 3. The number of nitrogens with zero attached hydrogens (tertiary/aromatic N) is 5. The number of para-hydroxylation sites is 3. The minimum atomic E-state index is 0.0238. The molecule has 1 aliphatic carbocycles. The average Bonchev–Trinajstić information content (AvgIpc) is 3.85. The Kier molecular flexibility index (Phi) is 8.34. The molecular formula is C57H51N5. The Hall–Kier alpha value is -6.85. The molecule has 11 rings (SSSR count). The molecule has 0 radical (unpaired) electrons. The van der Waals surface area contributed by atoms with Crippen LogP contribution in [0, 0.1) is 5.92 Å². The van der Waals surface area contributed by atoms with Crippen LogP contribution in [0.4, 0.5) is 0 Å². The fraction of sp³-hybridized carbons (Fsp3) is 0.211. The lowest BCUT2D eigenvalue weighted by atomic mass is 9.71. The van der Waals surface area contributed by atoms with Crippen molar-refractivity contribution in [2.24, 2.45) is 5.92 Å². The summed E-state index contributed by atoms with van der Waals surface area (Å²) < 4.78 is 4.78. The van der Waals surface area contributed by atoms with Crippen molar-refractivity contribution < 1.29 is 0 Å². The van der Waals surface area contributed by atoms with Gasteiger partial charge < -0.3 is 4.57 Å². The first-order valence-corrected chi connectivity index (χ1v) is 22.0. The Labute approximate surface area is 363 Å². The zero-order valence-electron chi connectivity index (χ0n) is 36.8. The third-order valence-corrected chi connectivity index (χ3v) is 14.4. The average molecular weight is 806 g/mol. The molecule has 5 nitrogen and oxygen atoms in total. The molecule has 62 heavy (non-hydrogen) atoms. The van der Waals surface area contributed by atoms with Crippen LogP contribution in [0.3, 0.4) is 0 Å². The van der Waals surface area contributed by atoms with Crippen molar-refractivity contribution in [3.05, 3.63) is 174 Å². The molecule has 0 N–H and O–H groups in total. The number of fused-ring (bicyclic) bond motifs is 8. The maximum Gasteiger partial charge on any atom is 0.238 e. The van der Waals surface area contributed by atoms with Gasteiger partial charge in [-0.1, -0.05) is 195 Å². The van der Waals surface area contributed by atoms with E-state index in [-0.39, 0.29) is 16.2 Å². The van der Waals surface area contributed by atoms with E-state index in [4.69, 9.17) is 15.0 Å². The van der Waals surface area contributed by atoms with Crippen LogP contribution in [0.25, 0.3) is 89.2 Å². The van der Waals surface area contributed by atoms with E-state index in [0.29, 0.717) is 23.5 Å². The van der Waals surface area contributed by atoms with Gasteiger partial charge in [-0.2, -0.15) is 9.97 Å². The molecule has 0 spiro atoms. The molecular weight excluding hydrogens is 755 g/mol. The van der Waals surface area contributed by atoms with Crippen molar-refractivity contribution in [2.45, 2.75) is 71.6 Å². The Morgan fingerprint density at radius 3 is 1.63 bits per heavy atom. The van der Waals surface area contributed by atoms with E-state index in [1.807, 2.05) is 18.2 Å². The van der Waals surface area contributed by atoms with Crippen LogP contribution in [-0.2, 0) is 16.2 Å². The summed E-state index contributed by atoms with van der Waals surface area (Å²) in [5.41, 5.74) is 14.1. The molecule has 0 aliphatic heterocycles. The lowest BCUT2D eigenvalue weighted by molar-refractivity contribution is 0.264. The predicted octanol–water partition coefficient (Wildman–Crippen LogP) is 14.6. The monoisotopic (exact) mass is 805 g/mol. The molecule has 10 aromatic rings. The van der Waals surface area contributed by atoms with Crippen molar-refractivity contribution >= 4 is 43.6 Å². The fourth-order valence-electron chi connectivity index (χ4n) is 10.5. The Bertz CT molecular complexity index is 3390. The van der Waals surface area contributed by atoms with Crippen LogP contribution in [0.5, 0.6) is 0 Å². The zero-order chi connectivity index (χ0) is 42.7. The molecule has 0 saturated heterocycles. The highest BCUT2D eigenvalue weighted by Gasteiger charge is 2.48. The molecule has 7 aromatic carbocycles. The second kappa shape index (κ2) is 13.6. The quantitative estimate of drug-likeness (QED) is 0.174. The summed E-state index contributed by atoms with van der Waals surface area (Å²) in [4.78, 5) is 15.9. The predicted molar refractivity (Wildman–Crippen MR) is 259 cm³/mol. The molecule has 3 aromatic heterocycles. The molecule has 1 aliphatic rings. The van der Waals surface area contributed by atoms with Gasteiger partial charge in [0, 0.05) is 38.2 Å². The van der Waals surface area contributed by atoms with Crippen molar-refractivity contribution in [1.29, 1.82) is 0 Å². The third kappa shape index (κ3) is 5.64. The van der Waals surface area contributed by atoms with Gasteiger partial charge >= 0.3 is 0 Å². The summed E-state index contributed by atoms with van der Waals surface area (Å²) in [6.45, 7) is 18.8. The summed E-state index contributed by atoms with van der Waals surface area (Å²) in [5, 5.41) is 4.66. The van der Waals surface area contributed by atoms with Crippen molar-refractivity contribution in [3.63, 3.8) is 0 Å². The van der Waals surface area contributed by atoms with Crippen LogP contribution >= 0.6 is 0 Å². The molecule has 0 saturated carbocycles. The van der Waals surface area contributed by atoms with Gasteiger partial charge in [0.05, 0.1) is 27.8 Å². The summed E-state index contributed by atoms with van der Waals surface area (Å²) >= 11 is 0. The number of hydrogen-bond donors (Lipinski definition) is 0. The number of aromatic nitrogens is 5. The van der Waals surface area contributed by atoms with Gasteiger partial charge in [0.25, 0.3) is 0 Å². The molecule has 0 amide bonds. The first-order chi connectivity index (χ1) is 29.8. The minimum Gasteiger partial charge on any atom is -0.307 e. The highest BCUT2D eigenvalue weighted by atomic mass is 15.2. The minimum absolute atomic E-state index is 0.0238. The van der Waals surface area contributed by atoms with E-state index in [1.54, 1.807) is 0 Å². The Balaban J connectivity index is 1.23. The van der Waals surface area contributed by atoms with Gasteiger partial charge in [-0.3, -0.25) is 4.57 Å². The van der Waals surface area contributed by atoms with Gasteiger partial charge in [-0.15, -0.1) is 0 Å². The van der Waals surface area contributed by atoms with Gasteiger partial charge in [-0.05, 0) is 62.6 Å². The van der Waals surface area contributed by atoms with E-state index in [1.165, 1.54) is 38.6 Å². The van der Waals surface area contributed by atoms with E-state index in [2.05, 4.69) is 204 Å². The summed E-state index contributed by atoms with van der Waals surface area (Å²) in [6.07, 6.45) is 0. The van der Waals surface area contributed by atoms with Gasteiger partial charge in [0.1, 0.15) is 0 Å². The first kappa shape index (κ1) is 38.1. The summed E-state index contributed by atoms with van der Waals surface area (Å²) in [6, 6.07) is 57.2. The number of benzene rings is 7. The lowest BCUT2D eigenvalue weighted by Gasteiger charge is -2.32. The largest absolute Gasteiger partial charge is 0.307 e. The lowest BCUT2D eigenvalue weighted by Crippen LogP contribution is -2.30. The van der Waals surface area contributed by atoms with Crippen LogP contribution in [0.1, 0.15) is 72.1 Å². The molecule has 1 unspecified atom stereocenters. The molecule has 304 valence electrons. The van der Waals surface area contributed by atoms with E-state index in [9.17, 15) is 0 Å². The summed E-state index contributed by atoms with van der Waals surface area (Å²) in [5.74, 6) is 2.35. The maximum atomic E-state index is 5.39. The van der Waals surface area contributed by atoms with Crippen LogP contribution in [0.2, 0.25) is 0 Å². The summed E-state index contributed by atoms with van der Waals surface area (Å²) in [7, 11) is 0. The molecule has 3 heterocycles. The van der Waals surface area contributed by atoms with E-state index >= 15 is 0 Å². The van der Waals surface area contributed by atoms with Crippen LogP contribution in [0.15, 0.2) is 158 Å². The third-order valence-electron chi connectivity index (χ3n) is 14.4. The first-order valence-electron chi connectivity index (χ1n) is 22.0. The van der Waals surface area contributed by atoms with Crippen LogP contribution < -0.4 is 0 Å². The fourth-order valence-corrected chi connectivity index (χ4v) is 10.5. The van der Waals surface area contributed by atoms with Crippen LogP contribution in [-0.4, -0.2) is 24.1 Å². The smallest absolute Gasteiger partial charge is 0.238 e. The second-order valence-electron chi connectivity index (χ2n) is 19.5. The Morgan fingerprint density at radius 1 is 0.468 bits per heavy atom. The zero-order valence-corrected chi connectivity index (χ0v) is 36.8. The van der Waals surface area contributed by atoms with Crippen molar-refractivity contribution in [1.82, 2.24) is 24.1 Å². The SMILES string of the molecule is CC1C(C)(C)c2ccc(-c3ccccc3-n3c4ccccc4c4ccc5c6ccccc6n(-c6nc(-c7ccccc7)nc(-c7ccc(C(C)(C)C)cc7)n6)c5c43)cc2C1(C)C. The van der Waals surface area contributed by atoms with Crippen molar-refractivity contribution in [2.75, 3.05) is 0 Å². The molecule has 0 fully saturated rings. The highest BCUT2D eigenvalue weighted by Crippen LogP contribution is 2.54. The van der Waals surface area contributed by atoms with Gasteiger partial charge in [0.2, 0.25) is 5.95 Å².